The number of esters is 2. The van der Waals surface area contributed by atoms with Crippen molar-refractivity contribution in [2.24, 2.45) is 5.92 Å². The Kier molecular flexibility index (Phi) is 13.5. The van der Waals surface area contributed by atoms with Gasteiger partial charge in [-0.2, -0.15) is 0 Å². The van der Waals surface area contributed by atoms with E-state index in [4.69, 9.17) is 33.7 Å². The second kappa shape index (κ2) is 18.0. The van der Waals surface area contributed by atoms with Crippen LogP contribution in [0, 0.1) is 5.92 Å². The topological polar surface area (TPSA) is 106 Å². The molecule has 1 aliphatic carbocycles. The molecule has 0 saturated heterocycles. The predicted octanol–water partition coefficient (Wildman–Crippen LogP) is 7.51. The van der Waals surface area contributed by atoms with Crippen LogP contribution in [0.4, 0.5) is 0 Å². The van der Waals surface area contributed by atoms with Gasteiger partial charge >= 0.3 is 11.9 Å². The first kappa shape index (κ1) is 35.4. The van der Waals surface area contributed by atoms with Crippen molar-refractivity contribution in [3.8, 4) is 34.0 Å². The Labute approximate surface area is 278 Å². The largest absolute Gasteiger partial charge is 0.490 e. The zero-order valence-electron chi connectivity index (χ0n) is 27.8. The molecular formula is C38H46N2O7. The van der Waals surface area contributed by atoms with E-state index in [9.17, 15) is 9.59 Å². The predicted molar refractivity (Wildman–Crippen MR) is 181 cm³/mol. The minimum atomic E-state index is -0.505. The summed E-state index contributed by atoms with van der Waals surface area (Å²) in [5, 5.41) is 0. The lowest BCUT2D eigenvalue weighted by Crippen LogP contribution is -2.15. The Morgan fingerprint density at radius 1 is 0.830 bits per heavy atom. The van der Waals surface area contributed by atoms with Gasteiger partial charge in [-0.1, -0.05) is 51.1 Å². The van der Waals surface area contributed by atoms with Crippen LogP contribution in [0.5, 0.6) is 11.5 Å². The Morgan fingerprint density at radius 2 is 1.47 bits per heavy atom. The van der Waals surface area contributed by atoms with Gasteiger partial charge in [-0.3, -0.25) is 0 Å². The minimum absolute atomic E-state index is 0.0932. The molecule has 1 heterocycles. The Balaban J connectivity index is 1.45. The third-order valence-electron chi connectivity index (χ3n) is 8.21. The van der Waals surface area contributed by atoms with Crippen LogP contribution in [0.1, 0.15) is 63.9 Å². The number of rotatable bonds is 17. The van der Waals surface area contributed by atoms with Gasteiger partial charge in [-0.05, 0) is 85.4 Å². The summed E-state index contributed by atoms with van der Waals surface area (Å²) in [6.45, 7) is 11.8. The number of methoxy groups -OCH3 is 1. The molecule has 1 fully saturated rings. The maximum Gasteiger partial charge on any atom is 0.335 e. The van der Waals surface area contributed by atoms with E-state index in [1.807, 2.05) is 54.9 Å². The zero-order chi connectivity index (χ0) is 33.6. The third-order valence-corrected chi connectivity index (χ3v) is 8.21. The van der Waals surface area contributed by atoms with Crippen molar-refractivity contribution in [3.05, 3.63) is 84.7 Å². The van der Waals surface area contributed by atoms with Gasteiger partial charge in [0.2, 0.25) is 0 Å². The SMILES string of the molecule is C=C(C)C(=O)OCCOc1ccc(-c2ccc(OCCOC(=O)C(=C)COC)cc2)cc1-c1ncc(C2CCC(CCC)CC2)cn1. The molecule has 0 N–H and O–H groups in total. The van der Waals surface area contributed by atoms with Crippen LogP contribution in [0.15, 0.2) is 79.2 Å². The number of carbonyl (C=O) groups is 2. The number of nitrogens with zero attached hydrogens (tertiary/aromatic N) is 2. The Hall–Kier alpha value is -4.50. The molecule has 1 aliphatic rings. The molecule has 0 radical (unpaired) electrons. The lowest BCUT2D eigenvalue weighted by Gasteiger charge is -2.28. The summed E-state index contributed by atoms with van der Waals surface area (Å²) in [5.41, 5.74) is 4.42. The van der Waals surface area contributed by atoms with E-state index in [1.54, 1.807) is 6.92 Å². The first-order valence-electron chi connectivity index (χ1n) is 16.3. The quantitative estimate of drug-likeness (QED) is 0.0840. The van der Waals surface area contributed by atoms with Crippen molar-refractivity contribution in [2.45, 2.75) is 58.3 Å². The highest BCUT2D eigenvalue weighted by molar-refractivity contribution is 5.88. The molecule has 0 amide bonds. The maximum absolute atomic E-state index is 11.8. The number of aromatic nitrogens is 2. The fourth-order valence-electron chi connectivity index (χ4n) is 5.67. The second-order valence-corrected chi connectivity index (χ2v) is 11.9. The van der Waals surface area contributed by atoms with E-state index in [-0.39, 0.29) is 38.6 Å². The minimum Gasteiger partial charge on any atom is -0.490 e. The van der Waals surface area contributed by atoms with Gasteiger partial charge in [-0.25, -0.2) is 19.6 Å². The average molecular weight is 643 g/mol. The number of benzene rings is 2. The molecule has 1 saturated carbocycles. The van der Waals surface area contributed by atoms with Crippen molar-refractivity contribution in [1.82, 2.24) is 9.97 Å². The summed E-state index contributed by atoms with van der Waals surface area (Å²) in [6.07, 6.45) is 11.3. The van der Waals surface area contributed by atoms with Crippen molar-refractivity contribution in [1.29, 1.82) is 0 Å². The first-order chi connectivity index (χ1) is 22.8. The lowest BCUT2D eigenvalue weighted by molar-refractivity contribution is -0.140. The fourth-order valence-corrected chi connectivity index (χ4v) is 5.67. The van der Waals surface area contributed by atoms with Crippen molar-refractivity contribution in [2.75, 3.05) is 40.1 Å². The summed E-state index contributed by atoms with van der Waals surface area (Å²) in [4.78, 5) is 33.2. The molecule has 47 heavy (non-hydrogen) atoms. The van der Waals surface area contributed by atoms with Gasteiger partial charge in [0.1, 0.15) is 37.9 Å². The van der Waals surface area contributed by atoms with E-state index >= 15 is 0 Å². The van der Waals surface area contributed by atoms with Gasteiger partial charge < -0.3 is 23.7 Å². The molecule has 2 aromatic carbocycles. The molecule has 0 bridgehead atoms. The van der Waals surface area contributed by atoms with Crippen LogP contribution in [0.2, 0.25) is 0 Å². The molecule has 1 aromatic heterocycles. The fraction of sp³-hybridized carbons (Fsp3) is 0.421. The summed E-state index contributed by atoms with van der Waals surface area (Å²) in [5.74, 6) is 2.18. The standard InChI is InChI=1S/C38H46N2O7/c1-6-7-28-8-10-30(11-9-28)32-23-39-36(40-24-32)34-22-31(14-17-35(34)45-19-21-46-37(41)26(2)3)29-12-15-33(16-13-29)44-18-20-47-38(42)27(4)25-43-5/h12-17,22-24,28,30H,2,4,6-11,18-21,25H2,1,3,5H3. The molecule has 0 aliphatic heterocycles. The summed E-state index contributed by atoms with van der Waals surface area (Å²) in [7, 11) is 1.49. The van der Waals surface area contributed by atoms with Gasteiger partial charge in [0.25, 0.3) is 0 Å². The first-order valence-corrected chi connectivity index (χ1v) is 16.3. The highest BCUT2D eigenvalue weighted by Gasteiger charge is 2.23. The number of hydrogen-bond acceptors (Lipinski definition) is 9. The lowest BCUT2D eigenvalue weighted by atomic mass is 9.78. The van der Waals surface area contributed by atoms with Gasteiger partial charge in [0, 0.05) is 25.1 Å². The second-order valence-electron chi connectivity index (χ2n) is 11.9. The van der Waals surface area contributed by atoms with E-state index < -0.39 is 11.9 Å². The number of ether oxygens (including phenoxy) is 5. The van der Waals surface area contributed by atoms with Gasteiger partial charge in [-0.15, -0.1) is 0 Å². The Bertz CT molecular complexity index is 1490. The molecule has 0 atom stereocenters. The van der Waals surface area contributed by atoms with Crippen LogP contribution in [-0.4, -0.2) is 62.1 Å². The normalized spacial score (nSPS) is 15.8. The van der Waals surface area contributed by atoms with Crippen LogP contribution < -0.4 is 9.47 Å². The van der Waals surface area contributed by atoms with E-state index in [0.717, 1.165) is 22.6 Å². The van der Waals surface area contributed by atoms with Crippen LogP contribution in [0.3, 0.4) is 0 Å². The zero-order valence-corrected chi connectivity index (χ0v) is 27.8. The smallest absolute Gasteiger partial charge is 0.335 e. The monoisotopic (exact) mass is 642 g/mol. The third kappa shape index (κ3) is 10.5. The van der Waals surface area contributed by atoms with Crippen molar-refractivity contribution >= 4 is 11.9 Å². The van der Waals surface area contributed by atoms with Crippen LogP contribution in [-0.2, 0) is 23.8 Å². The highest BCUT2D eigenvalue weighted by Crippen LogP contribution is 2.38. The van der Waals surface area contributed by atoms with Crippen molar-refractivity contribution in [3.63, 3.8) is 0 Å². The molecular weight excluding hydrogens is 596 g/mol. The number of hydrogen-bond donors (Lipinski definition) is 0. The highest BCUT2D eigenvalue weighted by atomic mass is 16.6. The van der Waals surface area contributed by atoms with Crippen LogP contribution >= 0.6 is 0 Å². The summed E-state index contributed by atoms with van der Waals surface area (Å²) >= 11 is 0. The molecule has 4 rings (SSSR count). The molecule has 9 nitrogen and oxygen atoms in total. The van der Waals surface area contributed by atoms with E-state index in [0.29, 0.717) is 28.8 Å². The average Bonchev–Trinajstić information content (AvgIpc) is 3.09. The van der Waals surface area contributed by atoms with Crippen molar-refractivity contribution < 1.29 is 33.3 Å². The summed E-state index contributed by atoms with van der Waals surface area (Å²) < 4.78 is 27.1. The molecule has 0 spiro atoms. The molecule has 0 unspecified atom stereocenters. The van der Waals surface area contributed by atoms with Crippen LogP contribution in [0.25, 0.3) is 22.5 Å². The molecule has 250 valence electrons. The summed E-state index contributed by atoms with van der Waals surface area (Å²) in [6, 6.07) is 13.5. The maximum atomic E-state index is 11.8. The van der Waals surface area contributed by atoms with E-state index in [2.05, 4.69) is 20.1 Å². The van der Waals surface area contributed by atoms with E-state index in [1.165, 1.54) is 51.2 Å². The molecule has 9 heteroatoms. The molecule has 3 aromatic rings. The van der Waals surface area contributed by atoms with Gasteiger partial charge in [0.15, 0.2) is 5.82 Å². The number of carbonyl (C=O) groups excluding carboxylic acids is 2. The Morgan fingerprint density at radius 3 is 2.11 bits per heavy atom. The van der Waals surface area contributed by atoms with Gasteiger partial charge in [0.05, 0.1) is 17.7 Å².